The van der Waals surface area contributed by atoms with Crippen molar-refractivity contribution in [1.82, 2.24) is 5.32 Å². The van der Waals surface area contributed by atoms with Crippen LogP contribution >= 0.6 is 15.9 Å². The summed E-state index contributed by atoms with van der Waals surface area (Å²) in [5.74, 6) is 0. The Morgan fingerprint density at radius 2 is 2.00 bits per heavy atom. The number of hydrogen-bond donors (Lipinski definition) is 1. The fourth-order valence-corrected chi connectivity index (χ4v) is 2.48. The zero-order valence-corrected chi connectivity index (χ0v) is 12.8. The predicted octanol–water partition coefficient (Wildman–Crippen LogP) is 4.99. The van der Waals surface area contributed by atoms with Crippen molar-refractivity contribution in [3.8, 4) is 0 Å². The van der Waals surface area contributed by atoms with Crippen LogP contribution in [0.2, 0.25) is 0 Å². The summed E-state index contributed by atoms with van der Waals surface area (Å²) in [6, 6.07) is 7.16. The van der Waals surface area contributed by atoms with Gasteiger partial charge in [-0.3, -0.25) is 0 Å². The molecule has 0 aliphatic rings. The van der Waals surface area contributed by atoms with E-state index in [9.17, 15) is 0 Å². The Morgan fingerprint density at radius 3 is 2.59 bits per heavy atom. The molecule has 2 heteroatoms. The van der Waals surface area contributed by atoms with Crippen LogP contribution in [0.4, 0.5) is 0 Å². The lowest BCUT2D eigenvalue weighted by atomic mass is 9.99. The van der Waals surface area contributed by atoms with Gasteiger partial charge in [0.2, 0.25) is 0 Å². The monoisotopic (exact) mass is 297 g/mol. The summed E-state index contributed by atoms with van der Waals surface area (Å²) in [5, 5.41) is 3.42. The van der Waals surface area contributed by atoms with Gasteiger partial charge in [0.15, 0.2) is 0 Å². The molecule has 0 fully saturated rings. The van der Waals surface area contributed by atoms with Gasteiger partial charge in [0.05, 0.1) is 0 Å². The van der Waals surface area contributed by atoms with Crippen molar-refractivity contribution in [3.05, 3.63) is 33.8 Å². The summed E-state index contributed by atoms with van der Waals surface area (Å²) in [6.07, 6.45) is 6.55. The molecule has 1 rings (SSSR count). The minimum Gasteiger partial charge on any atom is -0.313 e. The lowest BCUT2D eigenvalue weighted by Crippen LogP contribution is -2.16. The van der Waals surface area contributed by atoms with Crippen molar-refractivity contribution in [2.24, 2.45) is 0 Å². The van der Waals surface area contributed by atoms with Gasteiger partial charge in [-0.05, 0) is 37.6 Å². The highest BCUT2D eigenvalue weighted by Gasteiger charge is 2.09. The number of rotatable bonds is 7. The van der Waals surface area contributed by atoms with E-state index in [-0.39, 0.29) is 0 Å². The van der Waals surface area contributed by atoms with Crippen molar-refractivity contribution < 1.29 is 0 Å². The molecule has 0 amide bonds. The SMILES string of the molecule is CCCCCCC(NC)c1ccc(C)c(Br)c1. The molecule has 0 bridgehead atoms. The van der Waals surface area contributed by atoms with Crippen LogP contribution in [0.1, 0.15) is 56.2 Å². The Morgan fingerprint density at radius 1 is 1.24 bits per heavy atom. The lowest BCUT2D eigenvalue weighted by Gasteiger charge is -2.17. The number of aryl methyl sites for hydroxylation is 1. The average Bonchev–Trinajstić information content (AvgIpc) is 2.33. The minimum atomic E-state index is 0.490. The smallest absolute Gasteiger partial charge is 0.0317 e. The third kappa shape index (κ3) is 4.81. The molecule has 1 atom stereocenters. The van der Waals surface area contributed by atoms with Gasteiger partial charge < -0.3 is 5.32 Å². The molecule has 0 saturated heterocycles. The van der Waals surface area contributed by atoms with E-state index in [0.29, 0.717) is 6.04 Å². The molecule has 1 N–H and O–H groups in total. The number of benzene rings is 1. The highest BCUT2D eigenvalue weighted by Crippen LogP contribution is 2.25. The summed E-state index contributed by atoms with van der Waals surface area (Å²) in [7, 11) is 2.05. The zero-order valence-electron chi connectivity index (χ0n) is 11.2. The second-order valence-electron chi connectivity index (χ2n) is 4.70. The van der Waals surface area contributed by atoms with E-state index in [0.717, 1.165) is 0 Å². The Labute approximate surface area is 114 Å². The quantitative estimate of drug-likeness (QED) is 0.699. The first-order valence-corrected chi connectivity index (χ1v) is 7.41. The van der Waals surface area contributed by atoms with Crippen LogP contribution < -0.4 is 5.32 Å². The van der Waals surface area contributed by atoms with E-state index >= 15 is 0 Å². The first kappa shape index (κ1) is 14.7. The van der Waals surface area contributed by atoms with Crippen molar-refractivity contribution in [2.45, 2.75) is 52.0 Å². The average molecular weight is 298 g/mol. The van der Waals surface area contributed by atoms with Gasteiger partial charge in [0.25, 0.3) is 0 Å². The molecule has 0 aromatic heterocycles. The molecule has 96 valence electrons. The maximum Gasteiger partial charge on any atom is 0.0317 e. The van der Waals surface area contributed by atoms with Crippen LogP contribution in [0.3, 0.4) is 0 Å². The number of halogens is 1. The Kier molecular flexibility index (Phi) is 6.83. The molecule has 17 heavy (non-hydrogen) atoms. The Bertz CT molecular complexity index is 336. The molecule has 0 heterocycles. The molecule has 1 aromatic carbocycles. The maximum atomic E-state index is 3.61. The van der Waals surface area contributed by atoms with Crippen LogP contribution in [0.5, 0.6) is 0 Å². The van der Waals surface area contributed by atoms with E-state index < -0.39 is 0 Å². The molecule has 0 aliphatic carbocycles. The third-order valence-corrected chi connectivity index (χ3v) is 4.15. The van der Waals surface area contributed by atoms with E-state index in [1.165, 1.54) is 47.7 Å². The third-order valence-electron chi connectivity index (χ3n) is 3.29. The van der Waals surface area contributed by atoms with Gasteiger partial charge in [-0.2, -0.15) is 0 Å². The summed E-state index contributed by atoms with van der Waals surface area (Å²) < 4.78 is 1.21. The van der Waals surface area contributed by atoms with Crippen LogP contribution in [0.25, 0.3) is 0 Å². The molecule has 1 unspecified atom stereocenters. The predicted molar refractivity (Wildman–Crippen MR) is 79.4 cm³/mol. The number of hydrogen-bond acceptors (Lipinski definition) is 1. The van der Waals surface area contributed by atoms with Crippen LogP contribution in [-0.2, 0) is 0 Å². The highest BCUT2D eigenvalue weighted by atomic mass is 79.9. The Hall–Kier alpha value is -0.340. The van der Waals surface area contributed by atoms with Crippen molar-refractivity contribution in [2.75, 3.05) is 7.05 Å². The maximum absolute atomic E-state index is 3.61. The Balaban J connectivity index is 2.56. The summed E-state index contributed by atoms with van der Waals surface area (Å²) in [4.78, 5) is 0. The number of nitrogens with one attached hydrogen (secondary N) is 1. The first-order chi connectivity index (χ1) is 8.19. The van der Waals surface area contributed by atoms with E-state index in [1.54, 1.807) is 0 Å². The van der Waals surface area contributed by atoms with Crippen LogP contribution in [0.15, 0.2) is 22.7 Å². The van der Waals surface area contributed by atoms with E-state index in [2.05, 4.69) is 60.3 Å². The van der Waals surface area contributed by atoms with Crippen LogP contribution in [-0.4, -0.2) is 7.05 Å². The summed E-state index contributed by atoms with van der Waals surface area (Å²) in [5.41, 5.74) is 2.69. The van der Waals surface area contributed by atoms with Gasteiger partial charge in [-0.25, -0.2) is 0 Å². The lowest BCUT2D eigenvalue weighted by molar-refractivity contribution is 0.505. The van der Waals surface area contributed by atoms with E-state index in [4.69, 9.17) is 0 Å². The van der Waals surface area contributed by atoms with Gasteiger partial charge in [0, 0.05) is 10.5 Å². The second kappa shape index (κ2) is 7.88. The fourth-order valence-electron chi connectivity index (χ4n) is 2.08. The molecule has 1 nitrogen and oxygen atoms in total. The molecule has 0 saturated carbocycles. The fraction of sp³-hybridized carbons (Fsp3) is 0.600. The number of unbranched alkanes of at least 4 members (excludes halogenated alkanes) is 3. The molecule has 1 aromatic rings. The second-order valence-corrected chi connectivity index (χ2v) is 5.55. The van der Waals surface area contributed by atoms with Crippen molar-refractivity contribution in [3.63, 3.8) is 0 Å². The minimum absolute atomic E-state index is 0.490. The standard InChI is InChI=1S/C15H24BrN/c1-4-5-6-7-8-15(17-3)13-10-9-12(2)14(16)11-13/h9-11,15,17H,4-8H2,1-3H3. The molecule has 0 aliphatic heterocycles. The van der Waals surface area contributed by atoms with E-state index in [1.807, 2.05) is 0 Å². The summed E-state index contributed by atoms with van der Waals surface area (Å²) in [6.45, 7) is 4.39. The molecular weight excluding hydrogens is 274 g/mol. The van der Waals surface area contributed by atoms with Gasteiger partial charge in [-0.1, -0.05) is 60.7 Å². The largest absolute Gasteiger partial charge is 0.313 e. The molecule has 0 spiro atoms. The van der Waals surface area contributed by atoms with Gasteiger partial charge in [0.1, 0.15) is 0 Å². The van der Waals surface area contributed by atoms with Gasteiger partial charge >= 0.3 is 0 Å². The van der Waals surface area contributed by atoms with Gasteiger partial charge in [-0.15, -0.1) is 0 Å². The van der Waals surface area contributed by atoms with Crippen LogP contribution in [0, 0.1) is 6.92 Å². The molecule has 0 radical (unpaired) electrons. The normalized spacial score (nSPS) is 12.7. The van der Waals surface area contributed by atoms with Crippen molar-refractivity contribution >= 4 is 15.9 Å². The summed E-state index contributed by atoms with van der Waals surface area (Å²) >= 11 is 3.61. The zero-order chi connectivity index (χ0) is 12.7. The first-order valence-electron chi connectivity index (χ1n) is 6.62. The molecular formula is C15H24BrN. The highest BCUT2D eigenvalue weighted by molar-refractivity contribution is 9.10. The topological polar surface area (TPSA) is 12.0 Å². The van der Waals surface area contributed by atoms with Crippen molar-refractivity contribution in [1.29, 1.82) is 0 Å².